The highest BCUT2D eigenvalue weighted by atomic mass is 19.1. The number of hydrogen-bond donors (Lipinski definition) is 2. The predicted molar refractivity (Wildman–Crippen MR) is 110 cm³/mol. The van der Waals surface area contributed by atoms with Crippen LogP contribution in [0, 0.1) is 5.82 Å². The van der Waals surface area contributed by atoms with Gasteiger partial charge in [-0.15, -0.1) is 0 Å². The summed E-state index contributed by atoms with van der Waals surface area (Å²) in [6.07, 6.45) is 0.184. The molecule has 2 aliphatic heterocycles. The number of benzene rings is 1. The Morgan fingerprint density at radius 1 is 1.29 bits per heavy atom. The van der Waals surface area contributed by atoms with Gasteiger partial charge in [-0.25, -0.2) is 18.5 Å². The molecule has 9 nitrogen and oxygen atoms in total. The van der Waals surface area contributed by atoms with E-state index >= 15 is 4.39 Å². The zero-order valence-corrected chi connectivity index (χ0v) is 17.1. The van der Waals surface area contributed by atoms with E-state index in [-0.39, 0.29) is 29.2 Å². The lowest BCUT2D eigenvalue weighted by Crippen LogP contribution is -2.62. The third kappa shape index (κ3) is 4.04. The van der Waals surface area contributed by atoms with Crippen molar-refractivity contribution in [3.8, 4) is 0 Å². The van der Waals surface area contributed by atoms with E-state index in [0.717, 1.165) is 0 Å². The Kier molecular flexibility index (Phi) is 5.75. The fourth-order valence-electron chi connectivity index (χ4n) is 4.05. The van der Waals surface area contributed by atoms with Crippen LogP contribution in [-0.4, -0.2) is 63.3 Å². The molecule has 2 aliphatic rings. The van der Waals surface area contributed by atoms with E-state index in [2.05, 4.69) is 10.6 Å². The number of carbonyl (C=O) groups is 3. The molecule has 0 radical (unpaired) electrons. The van der Waals surface area contributed by atoms with E-state index < -0.39 is 23.9 Å². The molecule has 164 valence electrons. The summed E-state index contributed by atoms with van der Waals surface area (Å²) in [5.41, 5.74) is 0.635. The Hall–Kier alpha value is -3.24. The summed E-state index contributed by atoms with van der Waals surface area (Å²) in [5, 5.41) is 5.83. The zero-order chi connectivity index (χ0) is 22.0. The van der Waals surface area contributed by atoms with Crippen molar-refractivity contribution >= 4 is 29.3 Å². The molecule has 0 unspecified atom stereocenters. The van der Waals surface area contributed by atoms with E-state index in [4.69, 9.17) is 9.15 Å². The standard InChI is InChI=1S/C21H23FN4O5/c1-14(27)26(8-6-23-7-9-26)18-5-4-15(11-17(18)22)25-13-16(31-21(25)29)12-24-20(28)19-3-2-10-30-19/h2-5,10-11,16,23H,6-9,12-13H2,1H3/p+1/t16-/m0/s1. The minimum Gasteiger partial charge on any atom is -0.459 e. The number of cyclic esters (lactones) is 1. The highest BCUT2D eigenvalue weighted by Gasteiger charge is 2.41. The van der Waals surface area contributed by atoms with Crippen molar-refractivity contribution in [2.24, 2.45) is 0 Å². The van der Waals surface area contributed by atoms with Gasteiger partial charge in [0.1, 0.15) is 19.2 Å². The Labute approximate surface area is 178 Å². The van der Waals surface area contributed by atoms with Crippen LogP contribution in [0.5, 0.6) is 0 Å². The summed E-state index contributed by atoms with van der Waals surface area (Å²) >= 11 is 0. The normalized spacial score (nSPS) is 20.4. The second kappa shape index (κ2) is 8.48. The number of hydrogen-bond acceptors (Lipinski definition) is 6. The fraction of sp³-hybridized carbons (Fsp3) is 0.381. The first-order chi connectivity index (χ1) is 14.9. The predicted octanol–water partition coefficient (Wildman–Crippen LogP) is 1.63. The number of ether oxygens (including phenoxy) is 1. The van der Waals surface area contributed by atoms with Crippen LogP contribution in [0.4, 0.5) is 20.6 Å². The summed E-state index contributed by atoms with van der Waals surface area (Å²) < 4.78 is 25.3. The van der Waals surface area contributed by atoms with Crippen LogP contribution >= 0.6 is 0 Å². The van der Waals surface area contributed by atoms with Gasteiger partial charge in [0.15, 0.2) is 17.3 Å². The topological polar surface area (TPSA) is 101 Å². The van der Waals surface area contributed by atoms with E-state index in [1.807, 2.05) is 0 Å². The van der Waals surface area contributed by atoms with Crippen molar-refractivity contribution in [2.45, 2.75) is 13.0 Å². The zero-order valence-electron chi connectivity index (χ0n) is 17.1. The van der Waals surface area contributed by atoms with Crippen LogP contribution in [0.3, 0.4) is 0 Å². The molecule has 0 saturated carbocycles. The lowest BCUT2D eigenvalue weighted by Gasteiger charge is -2.38. The summed E-state index contributed by atoms with van der Waals surface area (Å²) in [6, 6.07) is 7.57. The second-order valence-corrected chi connectivity index (χ2v) is 7.62. The molecule has 1 aromatic heterocycles. The Morgan fingerprint density at radius 2 is 2.06 bits per heavy atom. The van der Waals surface area contributed by atoms with Crippen LogP contribution in [0.25, 0.3) is 0 Å². The molecule has 1 atom stereocenters. The van der Waals surface area contributed by atoms with E-state index in [0.29, 0.717) is 37.6 Å². The summed E-state index contributed by atoms with van der Waals surface area (Å²) in [4.78, 5) is 38.0. The third-order valence-electron chi connectivity index (χ3n) is 5.76. The maximum absolute atomic E-state index is 15.1. The molecule has 0 bridgehead atoms. The number of anilines is 1. The molecule has 0 aliphatic carbocycles. The molecule has 31 heavy (non-hydrogen) atoms. The van der Waals surface area contributed by atoms with E-state index in [1.54, 1.807) is 18.2 Å². The molecular formula is C21H24FN4O5+. The molecule has 2 saturated heterocycles. The first kappa shape index (κ1) is 21.0. The van der Waals surface area contributed by atoms with Crippen molar-refractivity contribution in [3.05, 3.63) is 48.2 Å². The summed E-state index contributed by atoms with van der Waals surface area (Å²) in [6.45, 7) is 3.89. The van der Waals surface area contributed by atoms with E-state index in [1.165, 1.54) is 30.2 Å². The number of piperazine rings is 1. The first-order valence-corrected chi connectivity index (χ1v) is 10.1. The van der Waals surface area contributed by atoms with Crippen LogP contribution in [0.2, 0.25) is 0 Å². The number of quaternary nitrogens is 1. The van der Waals surface area contributed by atoms with Crippen LogP contribution < -0.4 is 20.0 Å². The van der Waals surface area contributed by atoms with Gasteiger partial charge in [-0.3, -0.25) is 9.69 Å². The molecular weight excluding hydrogens is 407 g/mol. The maximum atomic E-state index is 15.1. The van der Waals surface area contributed by atoms with Gasteiger partial charge in [0.05, 0.1) is 32.0 Å². The molecule has 0 spiro atoms. The lowest BCUT2D eigenvalue weighted by atomic mass is 10.1. The number of nitrogens with one attached hydrogen (secondary N) is 2. The number of carbonyl (C=O) groups excluding carboxylic acids is 3. The molecule has 2 N–H and O–H groups in total. The Bertz CT molecular complexity index is 988. The summed E-state index contributed by atoms with van der Waals surface area (Å²) in [7, 11) is 0. The molecule has 2 fully saturated rings. The third-order valence-corrected chi connectivity index (χ3v) is 5.76. The van der Waals surface area contributed by atoms with Gasteiger partial charge >= 0.3 is 12.0 Å². The highest BCUT2D eigenvalue weighted by Crippen LogP contribution is 2.32. The minimum absolute atomic E-state index is 0.0645. The second-order valence-electron chi connectivity index (χ2n) is 7.62. The quantitative estimate of drug-likeness (QED) is 0.698. The molecule has 10 heteroatoms. The average Bonchev–Trinajstić information content (AvgIpc) is 3.42. The smallest absolute Gasteiger partial charge is 0.414 e. The van der Waals surface area contributed by atoms with Crippen molar-refractivity contribution in [1.29, 1.82) is 0 Å². The van der Waals surface area contributed by atoms with Gasteiger partial charge in [0, 0.05) is 25.2 Å². The number of nitrogens with zero attached hydrogens (tertiary/aromatic N) is 2. The average molecular weight is 431 g/mol. The molecule has 4 rings (SSSR count). The van der Waals surface area contributed by atoms with Gasteiger partial charge < -0.3 is 19.8 Å². The SMILES string of the molecule is CC(=O)[N+]1(c2ccc(N3C[C@H](CNC(=O)c4ccco4)OC3=O)cc2F)CCNCC1. The van der Waals surface area contributed by atoms with E-state index in [9.17, 15) is 14.4 Å². The van der Waals surface area contributed by atoms with Gasteiger partial charge in [0.25, 0.3) is 5.91 Å². The number of amides is 3. The van der Waals surface area contributed by atoms with Crippen molar-refractivity contribution in [2.75, 3.05) is 44.2 Å². The Morgan fingerprint density at radius 3 is 2.71 bits per heavy atom. The molecule has 3 amide bonds. The van der Waals surface area contributed by atoms with Gasteiger partial charge in [0.2, 0.25) is 0 Å². The highest BCUT2D eigenvalue weighted by molar-refractivity contribution is 5.92. The van der Waals surface area contributed by atoms with Crippen molar-refractivity contribution < 1.29 is 27.9 Å². The Balaban J connectivity index is 1.46. The van der Waals surface area contributed by atoms with Crippen LogP contribution in [-0.2, 0) is 9.53 Å². The molecule has 1 aromatic carbocycles. The molecule has 3 heterocycles. The lowest BCUT2D eigenvalue weighted by molar-refractivity contribution is -0.128. The van der Waals surface area contributed by atoms with Crippen LogP contribution in [0.15, 0.2) is 41.0 Å². The summed E-state index contributed by atoms with van der Waals surface area (Å²) in [5.74, 6) is -0.920. The van der Waals surface area contributed by atoms with Crippen molar-refractivity contribution in [3.63, 3.8) is 0 Å². The monoisotopic (exact) mass is 431 g/mol. The van der Waals surface area contributed by atoms with Gasteiger partial charge in [-0.1, -0.05) is 0 Å². The van der Waals surface area contributed by atoms with Gasteiger partial charge in [-0.05, 0) is 18.2 Å². The number of halogens is 1. The largest absolute Gasteiger partial charge is 0.459 e. The fourth-order valence-corrected chi connectivity index (χ4v) is 4.05. The molecule has 2 aromatic rings. The number of furan rings is 1. The first-order valence-electron chi connectivity index (χ1n) is 10.1. The van der Waals surface area contributed by atoms with Gasteiger partial charge in [-0.2, -0.15) is 0 Å². The van der Waals surface area contributed by atoms with Crippen LogP contribution in [0.1, 0.15) is 17.5 Å². The number of rotatable bonds is 5. The maximum Gasteiger partial charge on any atom is 0.414 e. The minimum atomic E-state index is -0.623. The van der Waals surface area contributed by atoms with Crippen molar-refractivity contribution in [1.82, 2.24) is 15.1 Å².